The van der Waals surface area contributed by atoms with Crippen molar-refractivity contribution in [1.82, 2.24) is 0 Å². The summed E-state index contributed by atoms with van der Waals surface area (Å²) in [6, 6.07) is 7.50. The van der Waals surface area contributed by atoms with Gasteiger partial charge in [0.25, 0.3) is 0 Å². The molecule has 0 saturated carbocycles. The van der Waals surface area contributed by atoms with Gasteiger partial charge in [-0.3, -0.25) is 9.56 Å². The van der Waals surface area contributed by atoms with Crippen LogP contribution in [-0.2, 0) is 4.74 Å². The van der Waals surface area contributed by atoms with Gasteiger partial charge in [-0.05, 0) is 31.5 Å². The van der Waals surface area contributed by atoms with Crippen LogP contribution in [0.1, 0.15) is 29.8 Å². The predicted molar refractivity (Wildman–Crippen MR) is 89.9 cm³/mol. The van der Waals surface area contributed by atoms with Crippen LogP contribution in [0.15, 0.2) is 29.0 Å². The molecular formula is C13H19NO2P2S. The van der Waals surface area contributed by atoms with E-state index in [4.69, 9.17) is 4.74 Å². The van der Waals surface area contributed by atoms with E-state index in [1.54, 1.807) is 0 Å². The molecule has 0 aliphatic heterocycles. The number of hydrogen-bond acceptors (Lipinski definition) is 4. The number of nitrogens with zero attached hydrogens (tertiary/aromatic N) is 1. The molecule has 0 fully saturated rings. The summed E-state index contributed by atoms with van der Waals surface area (Å²) in [4.78, 5) is 11.9. The second-order valence-electron chi connectivity index (χ2n) is 4.06. The van der Waals surface area contributed by atoms with Gasteiger partial charge in [0.2, 0.25) is 5.12 Å². The van der Waals surface area contributed by atoms with Crippen LogP contribution in [0, 0.1) is 0 Å². The Balaban J connectivity index is 2.42. The standard InChI is InChI=1S/C13H19NO2P2S/c1-10(2)16-7-8-19-13(15)12-5-3-11(4-6-12)9-14-18-17/h3-6,9-10,18H,7-8,17H2,1-2H3. The van der Waals surface area contributed by atoms with Crippen molar-refractivity contribution in [1.29, 1.82) is 0 Å². The van der Waals surface area contributed by atoms with Crippen molar-refractivity contribution in [2.45, 2.75) is 20.0 Å². The highest BCUT2D eigenvalue weighted by Gasteiger charge is 2.06. The van der Waals surface area contributed by atoms with Crippen molar-refractivity contribution < 1.29 is 9.53 Å². The van der Waals surface area contributed by atoms with Gasteiger partial charge in [0.05, 0.1) is 12.7 Å². The lowest BCUT2D eigenvalue weighted by Gasteiger charge is -2.06. The minimum absolute atomic E-state index is 0.0868. The number of carbonyl (C=O) groups excluding carboxylic acids is 1. The van der Waals surface area contributed by atoms with E-state index >= 15 is 0 Å². The molecule has 0 aliphatic rings. The maximum absolute atomic E-state index is 11.9. The van der Waals surface area contributed by atoms with Crippen molar-refractivity contribution in [2.75, 3.05) is 12.4 Å². The highest BCUT2D eigenvalue weighted by Crippen LogP contribution is 2.20. The molecule has 2 unspecified atom stereocenters. The molecule has 19 heavy (non-hydrogen) atoms. The van der Waals surface area contributed by atoms with Crippen molar-refractivity contribution in [3.63, 3.8) is 0 Å². The molecule has 1 aromatic rings. The van der Waals surface area contributed by atoms with Gasteiger partial charge in [-0.15, -0.1) is 0 Å². The molecule has 3 nitrogen and oxygen atoms in total. The van der Waals surface area contributed by atoms with Crippen molar-refractivity contribution in [3.8, 4) is 0 Å². The first-order chi connectivity index (χ1) is 9.13. The Morgan fingerprint density at radius 1 is 1.47 bits per heavy atom. The molecule has 1 aromatic carbocycles. The molecule has 1 rings (SSSR count). The zero-order valence-electron chi connectivity index (χ0n) is 11.1. The Morgan fingerprint density at radius 2 is 2.16 bits per heavy atom. The lowest BCUT2D eigenvalue weighted by atomic mass is 10.2. The van der Waals surface area contributed by atoms with Gasteiger partial charge in [-0.25, -0.2) is 0 Å². The largest absolute Gasteiger partial charge is 0.378 e. The second-order valence-corrected chi connectivity index (χ2v) is 6.42. The SMILES string of the molecule is CC(C)OCCSC(=O)c1ccc(C=NPP)cc1. The van der Waals surface area contributed by atoms with E-state index in [1.807, 2.05) is 44.3 Å². The Hall–Kier alpha value is -0.270. The molecule has 0 heterocycles. The van der Waals surface area contributed by atoms with E-state index in [1.165, 1.54) is 11.8 Å². The third-order valence-corrected chi connectivity index (χ3v) is 3.80. The van der Waals surface area contributed by atoms with Crippen LogP contribution in [0.4, 0.5) is 0 Å². The molecule has 0 radical (unpaired) electrons. The molecule has 0 N–H and O–H groups in total. The highest BCUT2D eigenvalue weighted by molar-refractivity contribution is 8.14. The van der Waals surface area contributed by atoms with E-state index in [2.05, 4.69) is 13.7 Å². The minimum Gasteiger partial charge on any atom is -0.378 e. The van der Waals surface area contributed by atoms with Crippen LogP contribution < -0.4 is 0 Å². The number of ether oxygens (including phenoxy) is 1. The second kappa shape index (κ2) is 9.61. The van der Waals surface area contributed by atoms with Gasteiger partial charge in [-0.1, -0.05) is 32.8 Å². The van der Waals surface area contributed by atoms with Crippen LogP contribution in [0.2, 0.25) is 0 Å². The number of thioether (sulfide) groups is 1. The normalized spacial score (nSPS) is 12.0. The molecule has 104 valence electrons. The summed E-state index contributed by atoms with van der Waals surface area (Å²) in [7, 11) is 3.04. The summed E-state index contributed by atoms with van der Waals surface area (Å²) in [5, 5.41) is 0.0868. The van der Waals surface area contributed by atoms with E-state index in [-0.39, 0.29) is 11.2 Å². The Kier molecular flexibility index (Phi) is 8.48. The maximum atomic E-state index is 11.9. The molecule has 0 spiro atoms. The predicted octanol–water partition coefficient (Wildman–Crippen LogP) is 3.79. The molecule has 6 heteroatoms. The molecule has 0 aliphatic carbocycles. The first kappa shape index (κ1) is 16.8. The van der Waals surface area contributed by atoms with Gasteiger partial charge in [0, 0.05) is 26.0 Å². The molecular weight excluding hydrogens is 296 g/mol. The zero-order valence-corrected chi connectivity index (χ0v) is 14.1. The average Bonchev–Trinajstić information content (AvgIpc) is 2.41. The quantitative estimate of drug-likeness (QED) is 0.436. The van der Waals surface area contributed by atoms with E-state index < -0.39 is 0 Å². The summed E-state index contributed by atoms with van der Waals surface area (Å²) in [6.07, 6.45) is 2.02. The first-order valence-electron chi connectivity index (χ1n) is 6.01. The van der Waals surface area contributed by atoms with E-state index in [0.29, 0.717) is 20.8 Å². The molecule has 2 atom stereocenters. The van der Waals surface area contributed by atoms with Crippen LogP contribution in [0.25, 0.3) is 0 Å². The van der Waals surface area contributed by atoms with Crippen molar-refractivity contribution >= 4 is 40.4 Å². The molecule has 0 bridgehead atoms. The third-order valence-electron chi connectivity index (χ3n) is 2.20. The van der Waals surface area contributed by atoms with Gasteiger partial charge >= 0.3 is 0 Å². The highest BCUT2D eigenvalue weighted by atomic mass is 32.2. The number of carbonyl (C=O) groups is 1. The molecule has 0 amide bonds. The first-order valence-corrected chi connectivity index (χ1v) is 9.75. The van der Waals surface area contributed by atoms with Crippen LogP contribution in [-0.4, -0.2) is 29.8 Å². The molecule has 0 aromatic heterocycles. The topological polar surface area (TPSA) is 38.7 Å². The van der Waals surface area contributed by atoms with Gasteiger partial charge in [0.1, 0.15) is 0 Å². The average molecular weight is 315 g/mol. The zero-order chi connectivity index (χ0) is 14.1. The smallest absolute Gasteiger partial charge is 0.219 e. The lowest BCUT2D eigenvalue weighted by Crippen LogP contribution is -2.07. The van der Waals surface area contributed by atoms with Gasteiger partial charge < -0.3 is 4.74 Å². The number of rotatable bonds is 7. The Morgan fingerprint density at radius 3 is 2.74 bits per heavy atom. The molecule has 0 saturated heterocycles. The lowest BCUT2D eigenvalue weighted by molar-refractivity contribution is 0.0915. The fourth-order valence-corrected chi connectivity index (χ4v) is 2.43. The summed E-state index contributed by atoms with van der Waals surface area (Å²) in [6.45, 7) is 4.58. The third kappa shape index (κ3) is 7.17. The summed E-state index contributed by atoms with van der Waals surface area (Å²) >= 11 is 1.30. The summed E-state index contributed by atoms with van der Waals surface area (Å²) in [5.41, 5.74) is 1.74. The Bertz CT molecular complexity index is 421. The summed E-state index contributed by atoms with van der Waals surface area (Å²) < 4.78 is 9.55. The monoisotopic (exact) mass is 315 g/mol. The van der Waals surface area contributed by atoms with E-state index in [0.717, 1.165) is 11.1 Å². The van der Waals surface area contributed by atoms with Crippen LogP contribution >= 0.6 is 29.1 Å². The minimum atomic E-state index is 0.0868. The van der Waals surface area contributed by atoms with Crippen molar-refractivity contribution in [3.05, 3.63) is 35.4 Å². The maximum Gasteiger partial charge on any atom is 0.219 e. The number of benzene rings is 1. The van der Waals surface area contributed by atoms with Crippen molar-refractivity contribution in [2.24, 2.45) is 4.76 Å². The summed E-state index contributed by atoms with van der Waals surface area (Å²) in [5.74, 6) is 0.689. The Labute approximate surface area is 122 Å². The van der Waals surface area contributed by atoms with Gasteiger partial charge in [-0.2, -0.15) is 0 Å². The van der Waals surface area contributed by atoms with Crippen LogP contribution in [0.3, 0.4) is 0 Å². The van der Waals surface area contributed by atoms with Gasteiger partial charge in [0.15, 0.2) is 0 Å². The fraction of sp³-hybridized carbons (Fsp3) is 0.385. The fourth-order valence-electron chi connectivity index (χ4n) is 1.32. The van der Waals surface area contributed by atoms with Crippen LogP contribution in [0.5, 0.6) is 0 Å². The number of hydrogen-bond donors (Lipinski definition) is 0. The van der Waals surface area contributed by atoms with E-state index in [9.17, 15) is 4.79 Å².